The molecule has 2 nitrogen and oxygen atoms in total. The molecule has 0 aliphatic carbocycles. The Morgan fingerprint density at radius 3 is 2.07 bits per heavy atom. The van der Waals surface area contributed by atoms with Gasteiger partial charge in [0.05, 0.1) is 4.90 Å². The van der Waals surface area contributed by atoms with Crippen LogP contribution in [0.4, 0.5) is 13.2 Å². The van der Waals surface area contributed by atoms with Crippen LogP contribution in [-0.2, 0) is 9.73 Å². The molecular formula is C8H8F3NOS. The van der Waals surface area contributed by atoms with Gasteiger partial charge in [0.25, 0.3) is 0 Å². The van der Waals surface area contributed by atoms with Crippen LogP contribution in [0.25, 0.3) is 0 Å². The summed E-state index contributed by atoms with van der Waals surface area (Å²) in [4.78, 5) is -0.310. The first-order chi connectivity index (χ1) is 6.42. The summed E-state index contributed by atoms with van der Waals surface area (Å²) in [5, 5.41) is 0. The van der Waals surface area contributed by atoms with Gasteiger partial charge in [-0.25, -0.2) is 8.57 Å². The van der Waals surface area contributed by atoms with Crippen molar-refractivity contribution in [3.63, 3.8) is 0 Å². The van der Waals surface area contributed by atoms with Crippen molar-refractivity contribution in [2.24, 2.45) is 4.36 Å². The number of alkyl halides is 3. The third kappa shape index (κ3) is 1.75. The Hall–Kier alpha value is -1.04. The van der Waals surface area contributed by atoms with Crippen LogP contribution in [0.5, 0.6) is 0 Å². The van der Waals surface area contributed by atoms with Gasteiger partial charge < -0.3 is 0 Å². The van der Waals surface area contributed by atoms with E-state index in [4.69, 9.17) is 0 Å². The maximum Gasteiger partial charge on any atom is 0.483 e. The van der Waals surface area contributed by atoms with E-state index >= 15 is 0 Å². The Balaban J connectivity index is 3.40. The molecule has 14 heavy (non-hydrogen) atoms. The van der Waals surface area contributed by atoms with Gasteiger partial charge in [0.15, 0.2) is 9.73 Å². The molecule has 1 aromatic rings. The predicted octanol–water partition coefficient (Wildman–Crippen LogP) is 2.66. The third-order valence-electron chi connectivity index (χ3n) is 1.63. The molecule has 0 amide bonds. The molecule has 0 saturated carbocycles. The second-order valence-electron chi connectivity index (χ2n) is 2.47. The largest absolute Gasteiger partial charge is 0.483 e. The summed E-state index contributed by atoms with van der Waals surface area (Å²) in [5.74, 6) is 0. The lowest BCUT2D eigenvalue weighted by Gasteiger charge is -2.12. The van der Waals surface area contributed by atoms with E-state index in [2.05, 4.69) is 4.36 Å². The summed E-state index contributed by atoms with van der Waals surface area (Å²) in [6.45, 7) is 0. The van der Waals surface area contributed by atoms with Crippen molar-refractivity contribution in [1.29, 1.82) is 0 Å². The molecule has 0 aliphatic rings. The van der Waals surface area contributed by atoms with Crippen molar-refractivity contribution in [2.75, 3.05) is 7.05 Å². The van der Waals surface area contributed by atoms with Gasteiger partial charge in [-0.05, 0) is 12.1 Å². The van der Waals surface area contributed by atoms with E-state index in [9.17, 15) is 17.4 Å². The zero-order valence-corrected chi connectivity index (χ0v) is 8.10. The topological polar surface area (TPSA) is 29.4 Å². The standard InChI is InChI=1S/C8H8F3NOS/c1-12-14(13,8(9,10)11)7-5-3-2-4-6-7/h2-6H,1H3. The minimum absolute atomic E-state index is 0.310. The first-order valence-electron chi connectivity index (χ1n) is 3.68. The predicted molar refractivity (Wildman–Crippen MR) is 47.3 cm³/mol. The smallest absolute Gasteiger partial charge is 0.236 e. The van der Waals surface area contributed by atoms with Gasteiger partial charge in [-0.2, -0.15) is 13.2 Å². The average Bonchev–Trinajstić information content (AvgIpc) is 2.16. The molecule has 1 rings (SSSR count). The van der Waals surface area contributed by atoms with E-state index in [1.165, 1.54) is 12.1 Å². The van der Waals surface area contributed by atoms with Gasteiger partial charge in [-0.1, -0.05) is 18.2 Å². The molecular weight excluding hydrogens is 215 g/mol. The minimum Gasteiger partial charge on any atom is -0.236 e. The SMILES string of the molecule is CN=S(=O)(c1ccccc1)C(F)(F)F. The van der Waals surface area contributed by atoms with E-state index in [1.54, 1.807) is 6.07 Å². The molecule has 0 radical (unpaired) electrons. The van der Waals surface area contributed by atoms with Crippen LogP contribution < -0.4 is 0 Å². The molecule has 0 saturated heterocycles. The van der Waals surface area contributed by atoms with Crippen LogP contribution in [0.2, 0.25) is 0 Å². The highest BCUT2D eigenvalue weighted by atomic mass is 32.2. The van der Waals surface area contributed by atoms with Crippen LogP contribution in [0.3, 0.4) is 0 Å². The van der Waals surface area contributed by atoms with Crippen molar-refractivity contribution in [1.82, 2.24) is 0 Å². The molecule has 0 bridgehead atoms. The summed E-state index contributed by atoms with van der Waals surface area (Å²) >= 11 is 0. The number of halogens is 3. The third-order valence-corrected chi connectivity index (χ3v) is 3.69. The molecule has 0 aliphatic heterocycles. The Bertz CT molecular complexity index is 418. The van der Waals surface area contributed by atoms with Crippen LogP contribution in [0, 0.1) is 0 Å². The maximum atomic E-state index is 12.4. The number of rotatable bonds is 1. The number of nitrogens with zero attached hydrogens (tertiary/aromatic N) is 1. The molecule has 0 heterocycles. The monoisotopic (exact) mass is 223 g/mol. The maximum absolute atomic E-state index is 12.4. The van der Waals surface area contributed by atoms with E-state index in [0.29, 0.717) is 0 Å². The van der Waals surface area contributed by atoms with Gasteiger partial charge in [-0.3, -0.25) is 0 Å². The van der Waals surface area contributed by atoms with Crippen LogP contribution in [0.1, 0.15) is 0 Å². The highest BCUT2D eigenvalue weighted by Gasteiger charge is 2.43. The fourth-order valence-corrected chi connectivity index (χ4v) is 2.16. The first kappa shape index (κ1) is 11.0. The minimum atomic E-state index is -4.83. The van der Waals surface area contributed by atoms with Crippen LogP contribution in [0.15, 0.2) is 39.6 Å². The van der Waals surface area contributed by atoms with Crippen molar-refractivity contribution in [2.45, 2.75) is 10.4 Å². The summed E-state index contributed by atoms with van der Waals surface area (Å²) in [6, 6.07) is 6.65. The number of hydrogen-bond acceptors (Lipinski definition) is 2. The summed E-state index contributed by atoms with van der Waals surface area (Å²) < 4.78 is 51.7. The van der Waals surface area contributed by atoms with Crippen molar-refractivity contribution in [3.05, 3.63) is 30.3 Å². The van der Waals surface area contributed by atoms with Crippen LogP contribution >= 0.6 is 0 Å². The number of benzene rings is 1. The van der Waals surface area contributed by atoms with Gasteiger partial charge in [0.2, 0.25) is 0 Å². The Morgan fingerprint density at radius 2 is 1.71 bits per heavy atom. The second-order valence-corrected chi connectivity index (χ2v) is 4.82. The normalized spacial score (nSPS) is 16.0. The highest BCUT2D eigenvalue weighted by Crippen LogP contribution is 2.31. The Kier molecular flexibility index (Phi) is 2.84. The molecule has 0 N–H and O–H groups in total. The van der Waals surface area contributed by atoms with Crippen molar-refractivity contribution in [3.8, 4) is 0 Å². The van der Waals surface area contributed by atoms with Gasteiger partial charge in [-0.15, -0.1) is 0 Å². The molecule has 1 unspecified atom stereocenters. The van der Waals surface area contributed by atoms with E-state index in [-0.39, 0.29) is 4.90 Å². The molecule has 6 heteroatoms. The quantitative estimate of drug-likeness (QED) is 0.719. The van der Waals surface area contributed by atoms with Gasteiger partial charge in [0, 0.05) is 7.05 Å². The van der Waals surface area contributed by atoms with E-state index in [0.717, 1.165) is 19.2 Å². The molecule has 0 spiro atoms. The zero-order chi connectivity index (χ0) is 10.8. The fraction of sp³-hybridized carbons (Fsp3) is 0.250. The zero-order valence-electron chi connectivity index (χ0n) is 7.28. The van der Waals surface area contributed by atoms with Crippen molar-refractivity contribution < 1.29 is 17.4 Å². The highest BCUT2D eigenvalue weighted by molar-refractivity contribution is 7.94. The van der Waals surface area contributed by atoms with E-state index < -0.39 is 15.2 Å². The Morgan fingerprint density at radius 1 is 1.21 bits per heavy atom. The van der Waals surface area contributed by atoms with Gasteiger partial charge >= 0.3 is 5.51 Å². The molecule has 1 aromatic carbocycles. The van der Waals surface area contributed by atoms with Crippen LogP contribution in [-0.4, -0.2) is 16.8 Å². The summed E-state index contributed by atoms with van der Waals surface area (Å²) in [5.41, 5.74) is -4.83. The van der Waals surface area contributed by atoms with Gasteiger partial charge in [0.1, 0.15) is 0 Å². The second kappa shape index (κ2) is 3.61. The lowest BCUT2D eigenvalue weighted by molar-refractivity contribution is -0.0403. The fourth-order valence-electron chi connectivity index (χ4n) is 0.947. The molecule has 1 atom stereocenters. The number of hydrogen-bond donors (Lipinski definition) is 0. The average molecular weight is 223 g/mol. The van der Waals surface area contributed by atoms with E-state index in [1.807, 2.05) is 0 Å². The molecule has 0 fully saturated rings. The van der Waals surface area contributed by atoms with Crippen molar-refractivity contribution >= 4 is 9.73 Å². The lowest BCUT2D eigenvalue weighted by atomic mass is 10.4. The molecule has 0 aromatic heterocycles. The summed E-state index contributed by atoms with van der Waals surface area (Å²) in [6.07, 6.45) is 0. The Labute approximate surface area is 79.9 Å². The molecule has 78 valence electrons. The summed E-state index contributed by atoms with van der Waals surface area (Å²) in [7, 11) is -3.39. The first-order valence-corrected chi connectivity index (χ1v) is 5.20. The lowest BCUT2D eigenvalue weighted by Crippen LogP contribution is -2.22.